The highest BCUT2D eigenvalue weighted by Gasteiger charge is 2.29. The number of sulfonamides is 1. The minimum atomic E-state index is -3.90. The van der Waals surface area contributed by atoms with Crippen LogP contribution in [0.3, 0.4) is 0 Å². The summed E-state index contributed by atoms with van der Waals surface area (Å²) >= 11 is 0. The third-order valence-electron chi connectivity index (χ3n) is 3.68. The number of hydrogen-bond acceptors (Lipinski definition) is 5. The zero-order chi connectivity index (χ0) is 17.9. The fourth-order valence-electron chi connectivity index (χ4n) is 2.26. The third kappa shape index (κ3) is 3.76. The Kier molecular flexibility index (Phi) is 5.28. The molecule has 0 aliphatic carbocycles. The van der Waals surface area contributed by atoms with Crippen molar-refractivity contribution in [3.8, 4) is 5.75 Å². The largest absolute Gasteiger partial charge is 0.497 e. The Labute approximate surface area is 141 Å². The van der Waals surface area contributed by atoms with Crippen LogP contribution in [0.25, 0.3) is 0 Å². The number of aryl methyl sites for hydroxylation is 1. The SMILES string of the molecule is COc1ccc(S(=O)(=O)N(C)C(=O)C(C)Cn2ccc(C)n2)cc1. The summed E-state index contributed by atoms with van der Waals surface area (Å²) in [7, 11) is -1.13. The topological polar surface area (TPSA) is 81.5 Å². The zero-order valence-corrected chi connectivity index (χ0v) is 14.9. The van der Waals surface area contributed by atoms with Crippen molar-refractivity contribution in [1.82, 2.24) is 14.1 Å². The van der Waals surface area contributed by atoms with Gasteiger partial charge in [0.25, 0.3) is 10.0 Å². The van der Waals surface area contributed by atoms with Gasteiger partial charge in [-0.3, -0.25) is 9.48 Å². The van der Waals surface area contributed by atoms with E-state index in [1.54, 1.807) is 29.9 Å². The van der Waals surface area contributed by atoms with Gasteiger partial charge in [-0.25, -0.2) is 12.7 Å². The number of methoxy groups -OCH3 is 1. The van der Waals surface area contributed by atoms with E-state index in [1.807, 2.05) is 13.0 Å². The van der Waals surface area contributed by atoms with Crippen LogP contribution in [-0.4, -0.2) is 42.6 Å². The van der Waals surface area contributed by atoms with Crippen LogP contribution in [0.15, 0.2) is 41.4 Å². The fraction of sp³-hybridized carbons (Fsp3) is 0.375. The number of benzene rings is 1. The predicted octanol–water partition coefficient (Wildman–Crippen LogP) is 1.68. The first-order valence-electron chi connectivity index (χ1n) is 7.42. The maximum absolute atomic E-state index is 12.6. The summed E-state index contributed by atoms with van der Waals surface area (Å²) in [6.45, 7) is 3.85. The Bertz CT molecular complexity index is 812. The van der Waals surface area contributed by atoms with Crippen LogP contribution in [0.2, 0.25) is 0 Å². The minimum absolute atomic E-state index is 0.0429. The van der Waals surface area contributed by atoms with Gasteiger partial charge in [0, 0.05) is 13.2 Å². The van der Waals surface area contributed by atoms with Crippen LogP contribution < -0.4 is 4.74 Å². The molecule has 1 unspecified atom stereocenters. The second-order valence-corrected chi connectivity index (χ2v) is 7.54. The molecule has 0 radical (unpaired) electrons. The number of ether oxygens (including phenoxy) is 1. The Balaban J connectivity index is 2.15. The van der Waals surface area contributed by atoms with Crippen molar-refractivity contribution >= 4 is 15.9 Å². The molecule has 0 saturated carbocycles. The van der Waals surface area contributed by atoms with Gasteiger partial charge in [-0.2, -0.15) is 5.10 Å². The van der Waals surface area contributed by atoms with Crippen LogP contribution in [0.5, 0.6) is 5.75 Å². The van der Waals surface area contributed by atoms with Crippen LogP contribution in [0.4, 0.5) is 0 Å². The van der Waals surface area contributed by atoms with E-state index < -0.39 is 21.8 Å². The molecule has 0 bridgehead atoms. The monoisotopic (exact) mass is 351 g/mol. The molecule has 0 saturated heterocycles. The zero-order valence-electron chi connectivity index (χ0n) is 14.1. The Morgan fingerprint density at radius 1 is 1.29 bits per heavy atom. The van der Waals surface area contributed by atoms with E-state index in [1.165, 1.54) is 26.3 Å². The first-order valence-corrected chi connectivity index (χ1v) is 8.86. The van der Waals surface area contributed by atoms with E-state index in [4.69, 9.17) is 4.74 Å². The van der Waals surface area contributed by atoms with Gasteiger partial charge >= 0.3 is 0 Å². The predicted molar refractivity (Wildman–Crippen MR) is 89.1 cm³/mol. The summed E-state index contributed by atoms with van der Waals surface area (Å²) in [4.78, 5) is 12.5. The van der Waals surface area contributed by atoms with E-state index in [-0.39, 0.29) is 4.90 Å². The number of carbonyl (C=O) groups is 1. The van der Waals surface area contributed by atoms with Crippen LogP contribution in [0, 0.1) is 12.8 Å². The summed E-state index contributed by atoms with van der Waals surface area (Å²) < 4.78 is 32.6. The summed E-state index contributed by atoms with van der Waals surface area (Å²) in [6.07, 6.45) is 1.76. The molecule has 7 nitrogen and oxygen atoms in total. The second-order valence-electron chi connectivity index (χ2n) is 5.57. The summed E-state index contributed by atoms with van der Waals surface area (Å²) in [5.74, 6) is -0.466. The highest BCUT2D eigenvalue weighted by Crippen LogP contribution is 2.20. The lowest BCUT2D eigenvalue weighted by Crippen LogP contribution is -2.38. The van der Waals surface area contributed by atoms with Gasteiger partial charge in [-0.1, -0.05) is 6.92 Å². The Morgan fingerprint density at radius 2 is 1.92 bits per heavy atom. The molecule has 2 rings (SSSR count). The highest BCUT2D eigenvalue weighted by atomic mass is 32.2. The molecule has 0 aliphatic rings. The standard InChI is InChI=1S/C16H21N3O4S/c1-12(11-19-10-9-13(2)17-19)16(20)18(3)24(21,22)15-7-5-14(23-4)6-8-15/h5-10,12H,11H2,1-4H3. The second kappa shape index (κ2) is 7.04. The smallest absolute Gasteiger partial charge is 0.266 e. The molecule has 1 atom stereocenters. The molecule has 1 heterocycles. The van der Waals surface area contributed by atoms with Gasteiger partial charge in [0.15, 0.2) is 0 Å². The summed E-state index contributed by atoms with van der Waals surface area (Å²) in [6, 6.07) is 7.75. The van der Waals surface area contributed by atoms with Crippen LogP contribution in [0.1, 0.15) is 12.6 Å². The Hall–Kier alpha value is -2.35. The maximum atomic E-state index is 12.6. The van der Waals surface area contributed by atoms with Gasteiger partial charge < -0.3 is 4.74 Å². The first-order chi connectivity index (χ1) is 11.3. The van der Waals surface area contributed by atoms with Crippen molar-refractivity contribution in [3.63, 3.8) is 0 Å². The van der Waals surface area contributed by atoms with Crippen molar-refractivity contribution in [1.29, 1.82) is 0 Å². The van der Waals surface area contributed by atoms with E-state index in [0.29, 0.717) is 12.3 Å². The van der Waals surface area contributed by atoms with Crippen molar-refractivity contribution in [2.45, 2.75) is 25.3 Å². The molecular weight excluding hydrogens is 330 g/mol. The number of amides is 1. The van der Waals surface area contributed by atoms with Gasteiger partial charge in [-0.15, -0.1) is 0 Å². The quantitative estimate of drug-likeness (QED) is 0.791. The van der Waals surface area contributed by atoms with Gasteiger partial charge in [-0.05, 0) is 37.3 Å². The molecular formula is C16H21N3O4S. The number of rotatable bonds is 6. The Morgan fingerprint density at radius 3 is 2.42 bits per heavy atom. The minimum Gasteiger partial charge on any atom is -0.497 e. The lowest BCUT2D eigenvalue weighted by Gasteiger charge is -2.21. The molecule has 2 aromatic rings. The lowest BCUT2D eigenvalue weighted by atomic mass is 10.2. The van der Waals surface area contributed by atoms with Gasteiger partial charge in [0.2, 0.25) is 5.91 Å². The van der Waals surface area contributed by atoms with E-state index in [2.05, 4.69) is 5.10 Å². The summed E-state index contributed by atoms with van der Waals surface area (Å²) in [5, 5.41) is 4.21. The maximum Gasteiger partial charge on any atom is 0.266 e. The highest BCUT2D eigenvalue weighted by molar-refractivity contribution is 7.89. The van der Waals surface area contributed by atoms with E-state index >= 15 is 0 Å². The molecule has 130 valence electrons. The average Bonchev–Trinajstić information content (AvgIpc) is 2.98. The molecule has 0 N–H and O–H groups in total. The number of hydrogen-bond donors (Lipinski definition) is 0. The molecule has 0 spiro atoms. The number of nitrogens with zero attached hydrogens (tertiary/aromatic N) is 3. The van der Waals surface area contributed by atoms with Gasteiger partial charge in [0.05, 0.1) is 30.2 Å². The third-order valence-corrected chi connectivity index (χ3v) is 5.45. The molecule has 1 aromatic heterocycles. The lowest BCUT2D eigenvalue weighted by molar-refractivity contribution is -0.129. The molecule has 1 amide bonds. The summed E-state index contributed by atoms with van der Waals surface area (Å²) in [5.41, 5.74) is 0.842. The van der Waals surface area contributed by atoms with E-state index in [9.17, 15) is 13.2 Å². The molecule has 0 fully saturated rings. The normalized spacial score (nSPS) is 12.7. The number of aromatic nitrogens is 2. The van der Waals surface area contributed by atoms with Gasteiger partial charge in [0.1, 0.15) is 5.75 Å². The number of carbonyl (C=O) groups excluding carboxylic acids is 1. The van der Waals surface area contributed by atoms with Crippen LogP contribution >= 0.6 is 0 Å². The molecule has 0 aliphatic heterocycles. The van der Waals surface area contributed by atoms with Crippen molar-refractivity contribution in [2.75, 3.05) is 14.2 Å². The fourth-order valence-corrected chi connectivity index (χ4v) is 3.47. The molecule has 1 aromatic carbocycles. The first kappa shape index (κ1) is 18.0. The average molecular weight is 351 g/mol. The van der Waals surface area contributed by atoms with Crippen molar-refractivity contribution in [3.05, 3.63) is 42.2 Å². The van der Waals surface area contributed by atoms with Crippen LogP contribution in [-0.2, 0) is 21.4 Å². The molecule has 24 heavy (non-hydrogen) atoms. The molecule has 8 heteroatoms. The van der Waals surface area contributed by atoms with Crippen molar-refractivity contribution in [2.24, 2.45) is 5.92 Å². The van der Waals surface area contributed by atoms with E-state index in [0.717, 1.165) is 10.00 Å². The van der Waals surface area contributed by atoms with Crippen molar-refractivity contribution < 1.29 is 17.9 Å².